The summed E-state index contributed by atoms with van der Waals surface area (Å²) in [5.74, 6) is -3.35. The van der Waals surface area contributed by atoms with Crippen LogP contribution in [0.4, 0.5) is 17.6 Å². The molecule has 1 saturated heterocycles. The first-order chi connectivity index (χ1) is 9.71. The van der Waals surface area contributed by atoms with Gasteiger partial charge >= 0.3 is 12.1 Å². The molecule has 1 aliphatic heterocycles. The Balaban J connectivity index is 2.37. The predicted octanol–water partition coefficient (Wildman–Crippen LogP) is 2.44. The number of aliphatic carboxylic acids is 1. The van der Waals surface area contributed by atoms with Crippen molar-refractivity contribution in [2.24, 2.45) is 0 Å². The van der Waals surface area contributed by atoms with E-state index in [1.807, 2.05) is 0 Å². The predicted molar refractivity (Wildman–Crippen MR) is 66.3 cm³/mol. The van der Waals surface area contributed by atoms with Crippen molar-refractivity contribution in [1.82, 2.24) is 4.90 Å². The summed E-state index contributed by atoms with van der Waals surface area (Å²) in [6.45, 7) is 0. The first kappa shape index (κ1) is 15.6. The topological polar surface area (TPSA) is 57.6 Å². The second-order valence-electron chi connectivity index (χ2n) is 4.32. The quantitative estimate of drug-likeness (QED) is 0.850. The Morgan fingerprint density at radius 1 is 1.33 bits per heavy atom. The molecule has 0 saturated carbocycles. The molecule has 0 bridgehead atoms. The van der Waals surface area contributed by atoms with Gasteiger partial charge in [0.15, 0.2) is 0 Å². The van der Waals surface area contributed by atoms with Gasteiger partial charge in [-0.05, 0) is 18.2 Å². The van der Waals surface area contributed by atoms with E-state index in [1.165, 1.54) is 0 Å². The summed E-state index contributed by atoms with van der Waals surface area (Å²) in [6.07, 6.45) is -4.71. The van der Waals surface area contributed by atoms with Gasteiger partial charge in [-0.3, -0.25) is 4.79 Å². The van der Waals surface area contributed by atoms with Gasteiger partial charge in [0.1, 0.15) is 11.9 Å². The van der Waals surface area contributed by atoms with Crippen molar-refractivity contribution >= 4 is 23.6 Å². The van der Waals surface area contributed by atoms with Gasteiger partial charge in [-0.15, -0.1) is 11.8 Å². The van der Waals surface area contributed by atoms with Crippen molar-refractivity contribution in [1.29, 1.82) is 0 Å². The molecule has 1 heterocycles. The zero-order valence-electron chi connectivity index (χ0n) is 10.4. The number of thioether (sulfide) groups is 1. The molecule has 1 fully saturated rings. The van der Waals surface area contributed by atoms with Crippen LogP contribution in [0.15, 0.2) is 18.2 Å². The fraction of sp³-hybridized carbons (Fsp3) is 0.333. The highest BCUT2D eigenvalue weighted by Gasteiger charge is 2.37. The SMILES string of the molecule is O=C(O)C1CSCN1C(=O)c1cc(C(F)(F)F)ccc1F. The fourth-order valence-corrected chi connectivity index (χ4v) is 3.01. The van der Waals surface area contributed by atoms with Crippen LogP contribution in [-0.4, -0.2) is 39.6 Å². The summed E-state index contributed by atoms with van der Waals surface area (Å²) >= 11 is 1.14. The highest BCUT2D eigenvalue weighted by molar-refractivity contribution is 7.99. The Kier molecular flexibility index (Phi) is 4.13. The number of carbonyl (C=O) groups is 2. The number of halogens is 4. The Bertz CT molecular complexity index is 590. The largest absolute Gasteiger partial charge is 0.480 e. The third-order valence-corrected chi connectivity index (χ3v) is 3.96. The molecule has 0 aliphatic carbocycles. The van der Waals surface area contributed by atoms with Crippen molar-refractivity contribution in [3.8, 4) is 0 Å². The lowest BCUT2D eigenvalue weighted by Gasteiger charge is -2.21. The normalized spacial score (nSPS) is 18.9. The monoisotopic (exact) mass is 323 g/mol. The molecule has 1 amide bonds. The van der Waals surface area contributed by atoms with Gasteiger partial charge in [-0.2, -0.15) is 13.2 Å². The van der Waals surface area contributed by atoms with Gasteiger partial charge in [0.25, 0.3) is 5.91 Å². The second kappa shape index (κ2) is 5.55. The summed E-state index contributed by atoms with van der Waals surface area (Å²) in [4.78, 5) is 23.9. The molecule has 0 spiro atoms. The zero-order valence-corrected chi connectivity index (χ0v) is 11.2. The van der Waals surface area contributed by atoms with E-state index in [0.717, 1.165) is 16.7 Å². The molecular formula is C12H9F4NO3S. The lowest BCUT2D eigenvalue weighted by atomic mass is 10.1. The smallest absolute Gasteiger partial charge is 0.416 e. The fourth-order valence-electron chi connectivity index (χ4n) is 1.87. The molecule has 1 unspecified atom stereocenters. The number of amides is 1. The van der Waals surface area contributed by atoms with E-state index in [1.54, 1.807) is 0 Å². The number of carboxylic acids is 1. The van der Waals surface area contributed by atoms with Gasteiger partial charge in [0, 0.05) is 5.75 Å². The van der Waals surface area contributed by atoms with Crippen LogP contribution < -0.4 is 0 Å². The van der Waals surface area contributed by atoms with Crippen LogP contribution in [0.25, 0.3) is 0 Å². The van der Waals surface area contributed by atoms with Gasteiger partial charge in [0.05, 0.1) is 17.0 Å². The minimum absolute atomic E-state index is 0.00845. The zero-order chi connectivity index (χ0) is 15.8. The van der Waals surface area contributed by atoms with Crippen LogP contribution in [-0.2, 0) is 11.0 Å². The number of rotatable bonds is 2. The molecule has 1 N–H and O–H groups in total. The first-order valence-corrected chi connectivity index (χ1v) is 6.85. The van der Waals surface area contributed by atoms with E-state index in [2.05, 4.69) is 0 Å². The number of hydrogen-bond acceptors (Lipinski definition) is 3. The van der Waals surface area contributed by atoms with Gasteiger partial charge in [-0.25, -0.2) is 9.18 Å². The highest BCUT2D eigenvalue weighted by Crippen LogP contribution is 2.31. The third-order valence-electron chi connectivity index (χ3n) is 2.95. The second-order valence-corrected chi connectivity index (χ2v) is 5.32. The van der Waals surface area contributed by atoms with E-state index >= 15 is 0 Å². The molecule has 0 aromatic heterocycles. The molecule has 0 radical (unpaired) electrons. The average molecular weight is 323 g/mol. The lowest BCUT2D eigenvalue weighted by molar-refractivity contribution is -0.141. The van der Waals surface area contributed by atoms with Crippen LogP contribution >= 0.6 is 11.8 Å². The first-order valence-electron chi connectivity index (χ1n) is 5.70. The maximum absolute atomic E-state index is 13.6. The number of carboxylic acid groups (broad SMARTS) is 1. The standard InChI is InChI=1S/C12H9F4NO3S/c13-8-2-1-6(12(14,15)16)3-7(8)10(18)17-5-21-4-9(17)11(19)20/h1-3,9H,4-5H2,(H,19,20). The number of benzene rings is 1. The van der Waals surface area contributed by atoms with Crippen LogP contribution in [0, 0.1) is 5.82 Å². The van der Waals surface area contributed by atoms with Crippen LogP contribution in [0.3, 0.4) is 0 Å². The van der Waals surface area contributed by atoms with Crippen molar-refractivity contribution in [3.63, 3.8) is 0 Å². The molecule has 1 aromatic carbocycles. The third kappa shape index (κ3) is 3.12. The molecule has 1 atom stereocenters. The number of nitrogens with zero attached hydrogens (tertiary/aromatic N) is 1. The average Bonchev–Trinajstić information content (AvgIpc) is 2.86. The Hall–Kier alpha value is -1.77. The van der Waals surface area contributed by atoms with Gasteiger partial charge < -0.3 is 10.0 Å². The Morgan fingerprint density at radius 2 is 2.00 bits per heavy atom. The summed E-state index contributed by atoms with van der Waals surface area (Å²) in [6, 6.07) is 0.310. The molecular weight excluding hydrogens is 314 g/mol. The van der Waals surface area contributed by atoms with E-state index in [4.69, 9.17) is 5.11 Å². The summed E-state index contributed by atoms with van der Waals surface area (Å²) in [5.41, 5.74) is -1.94. The van der Waals surface area contributed by atoms with E-state index < -0.39 is 41.0 Å². The molecule has 1 aromatic rings. The minimum Gasteiger partial charge on any atom is -0.480 e. The van der Waals surface area contributed by atoms with Gasteiger partial charge in [-0.1, -0.05) is 0 Å². The molecule has 114 valence electrons. The summed E-state index contributed by atoms with van der Waals surface area (Å²) in [5, 5.41) is 8.95. The van der Waals surface area contributed by atoms with E-state index in [0.29, 0.717) is 18.2 Å². The molecule has 2 rings (SSSR count). The van der Waals surface area contributed by atoms with Crippen molar-refractivity contribution in [3.05, 3.63) is 35.1 Å². The summed E-state index contributed by atoms with van der Waals surface area (Å²) < 4.78 is 51.4. The Labute approximate surface area is 120 Å². The van der Waals surface area contributed by atoms with E-state index in [-0.39, 0.29) is 11.6 Å². The van der Waals surface area contributed by atoms with Crippen molar-refractivity contribution < 1.29 is 32.3 Å². The van der Waals surface area contributed by atoms with Crippen LogP contribution in [0.1, 0.15) is 15.9 Å². The molecule has 1 aliphatic rings. The van der Waals surface area contributed by atoms with Gasteiger partial charge in [0.2, 0.25) is 0 Å². The van der Waals surface area contributed by atoms with E-state index in [9.17, 15) is 27.2 Å². The molecule has 4 nitrogen and oxygen atoms in total. The maximum atomic E-state index is 13.6. The Morgan fingerprint density at radius 3 is 2.57 bits per heavy atom. The lowest BCUT2D eigenvalue weighted by Crippen LogP contribution is -2.42. The summed E-state index contributed by atoms with van der Waals surface area (Å²) in [7, 11) is 0. The maximum Gasteiger partial charge on any atom is 0.416 e. The van der Waals surface area contributed by atoms with Crippen molar-refractivity contribution in [2.75, 3.05) is 11.6 Å². The minimum atomic E-state index is -4.71. The number of alkyl halides is 3. The highest BCUT2D eigenvalue weighted by atomic mass is 32.2. The van der Waals surface area contributed by atoms with Crippen molar-refractivity contribution in [2.45, 2.75) is 12.2 Å². The molecule has 9 heteroatoms. The molecule has 21 heavy (non-hydrogen) atoms. The number of carbonyl (C=O) groups excluding carboxylic acids is 1. The number of hydrogen-bond donors (Lipinski definition) is 1. The van der Waals surface area contributed by atoms with Crippen LogP contribution in [0.2, 0.25) is 0 Å². The van der Waals surface area contributed by atoms with Crippen LogP contribution in [0.5, 0.6) is 0 Å².